The molecule has 0 bridgehead atoms. The van der Waals surface area contributed by atoms with Crippen molar-refractivity contribution in [2.45, 2.75) is 36.6 Å². The zero-order valence-corrected chi connectivity index (χ0v) is 19.1. The molecule has 10 heteroatoms. The summed E-state index contributed by atoms with van der Waals surface area (Å²) in [5.41, 5.74) is 0.765. The van der Waals surface area contributed by atoms with Gasteiger partial charge in [-0.15, -0.1) is 0 Å². The monoisotopic (exact) mass is 465 g/mol. The maximum Gasteiger partial charge on any atom is 0.251 e. The molecule has 2 aromatic carbocycles. The van der Waals surface area contributed by atoms with E-state index >= 15 is 0 Å². The molecule has 2 unspecified atom stereocenters. The van der Waals surface area contributed by atoms with E-state index in [2.05, 4.69) is 5.32 Å². The van der Waals surface area contributed by atoms with E-state index in [1.807, 2.05) is 13.8 Å². The van der Waals surface area contributed by atoms with E-state index in [0.29, 0.717) is 18.7 Å². The highest BCUT2D eigenvalue weighted by Crippen LogP contribution is 2.27. The van der Waals surface area contributed by atoms with E-state index < -0.39 is 26.0 Å². The van der Waals surface area contributed by atoms with Crippen molar-refractivity contribution in [3.63, 3.8) is 0 Å². The zero-order chi connectivity index (χ0) is 22.8. The first-order valence-corrected chi connectivity index (χ1v) is 13.0. The van der Waals surface area contributed by atoms with Gasteiger partial charge in [0.05, 0.1) is 9.79 Å². The number of amides is 1. The molecule has 3 rings (SSSR count). The number of hydrogen-bond acceptors (Lipinski definition) is 5. The molecular weight excluding hydrogens is 438 g/mol. The average molecular weight is 466 g/mol. The second-order valence-electron chi connectivity index (χ2n) is 8.17. The molecule has 0 aliphatic carbocycles. The molecule has 1 amide bonds. The van der Waals surface area contributed by atoms with Crippen LogP contribution in [0.3, 0.4) is 0 Å². The van der Waals surface area contributed by atoms with Gasteiger partial charge in [0.1, 0.15) is 0 Å². The summed E-state index contributed by atoms with van der Waals surface area (Å²) in [5.74, 6) is 0.0923. The molecule has 2 atom stereocenters. The maximum absolute atomic E-state index is 13.1. The number of sulfonamides is 2. The Morgan fingerprint density at radius 1 is 1.00 bits per heavy atom. The van der Waals surface area contributed by atoms with Gasteiger partial charge in [0.25, 0.3) is 5.91 Å². The Kier molecular flexibility index (Phi) is 6.85. The van der Waals surface area contributed by atoms with Crippen molar-refractivity contribution in [2.75, 3.05) is 13.1 Å². The number of piperidine rings is 1. The Labute approximate surface area is 183 Å². The summed E-state index contributed by atoms with van der Waals surface area (Å²) in [6, 6.07) is 11.9. The molecule has 0 radical (unpaired) electrons. The van der Waals surface area contributed by atoms with E-state index in [1.54, 1.807) is 12.1 Å². The summed E-state index contributed by atoms with van der Waals surface area (Å²) in [6.07, 6.45) is 0.987. The number of carbonyl (C=O) groups is 1. The summed E-state index contributed by atoms with van der Waals surface area (Å²) in [5, 5.41) is 7.82. The number of primary sulfonamides is 1. The number of nitrogens with zero attached hydrogens (tertiary/aromatic N) is 1. The Morgan fingerprint density at radius 2 is 1.61 bits per heavy atom. The highest BCUT2D eigenvalue weighted by Gasteiger charge is 2.31. The fourth-order valence-corrected chi connectivity index (χ4v) is 6.18. The molecule has 1 saturated heterocycles. The first kappa shape index (κ1) is 23.4. The van der Waals surface area contributed by atoms with Gasteiger partial charge in [-0.1, -0.05) is 32.0 Å². The Bertz CT molecular complexity index is 1170. The Hall–Kier alpha value is -2.27. The topological polar surface area (TPSA) is 127 Å². The number of benzene rings is 2. The van der Waals surface area contributed by atoms with Crippen LogP contribution in [0, 0.1) is 11.8 Å². The third kappa shape index (κ3) is 5.70. The smallest absolute Gasteiger partial charge is 0.251 e. The summed E-state index contributed by atoms with van der Waals surface area (Å²) in [4.78, 5) is 12.6. The second-order valence-corrected chi connectivity index (χ2v) is 11.7. The maximum atomic E-state index is 13.1. The van der Waals surface area contributed by atoms with Gasteiger partial charge >= 0.3 is 0 Å². The van der Waals surface area contributed by atoms with Crippen LogP contribution in [0.25, 0.3) is 0 Å². The zero-order valence-electron chi connectivity index (χ0n) is 17.5. The van der Waals surface area contributed by atoms with Crippen LogP contribution >= 0.6 is 0 Å². The number of nitrogens with one attached hydrogen (secondary N) is 1. The lowest BCUT2D eigenvalue weighted by molar-refractivity contribution is 0.0950. The van der Waals surface area contributed by atoms with Crippen LogP contribution in [0.5, 0.6) is 0 Å². The molecule has 0 saturated carbocycles. The summed E-state index contributed by atoms with van der Waals surface area (Å²) < 4.78 is 50.6. The first-order valence-electron chi connectivity index (χ1n) is 9.97. The highest BCUT2D eigenvalue weighted by molar-refractivity contribution is 7.89. The second kappa shape index (κ2) is 9.07. The van der Waals surface area contributed by atoms with E-state index in [9.17, 15) is 21.6 Å². The van der Waals surface area contributed by atoms with E-state index in [4.69, 9.17) is 5.14 Å². The van der Waals surface area contributed by atoms with Crippen molar-refractivity contribution in [3.05, 3.63) is 59.7 Å². The highest BCUT2D eigenvalue weighted by atomic mass is 32.2. The Balaban J connectivity index is 1.75. The number of hydrogen-bond donors (Lipinski definition) is 2. The molecule has 0 spiro atoms. The van der Waals surface area contributed by atoms with Gasteiger partial charge < -0.3 is 5.32 Å². The van der Waals surface area contributed by atoms with Gasteiger partial charge in [0.15, 0.2) is 0 Å². The molecule has 8 nitrogen and oxygen atoms in total. The van der Waals surface area contributed by atoms with Gasteiger partial charge in [0, 0.05) is 25.2 Å². The quantitative estimate of drug-likeness (QED) is 0.674. The fourth-order valence-electron chi connectivity index (χ4n) is 3.87. The fraction of sp³-hybridized carbons (Fsp3) is 0.381. The lowest BCUT2D eigenvalue weighted by Gasteiger charge is -2.34. The minimum atomic E-state index is -3.84. The lowest BCUT2D eigenvalue weighted by atomic mass is 9.94. The van der Waals surface area contributed by atoms with Crippen LogP contribution < -0.4 is 10.5 Å². The van der Waals surface area contributed by atoms with Crippen LogP contribution in [-0.4, -0.2) is 40.1 Å². The SMILES string of the molecule is CC1CC(C)CN(S(=O)(=O)c2cccc(C(=O)NCc3cccc(S(N)(=O)=O)c3)c2)C1. The summed E-state index contributed by atoms with van der Waals surface area (Å²) in [6.45, 7) is 5.06. The lowest BCUT2D eigenvalue weighted by Crippen LogP contribution is -2.42. The molecule has 168 valence electrons. The normalized spacial score (nSPS) is 20.4. The largest absolute Gasteiger partial charge is 0.348 e. The van der Waals surface area contributed by atoms with Crippen molar-refractivity contribution in [1.29, 1.82) is 0 Å². The van der Waals surface area contributed by atoms with Crippen LogP contribution in [0.1, 0.15) is 36.2 Å². The van der Waals surface area contributed by atoms with Crippen LogP contribution in [0.15, 0.2) is 58.3 Å². The molecule has 1 fully saturated rings. The molecule has 3 N–H and O–H groups in total. The van der Waals surface area contributed by atoms with Gasteiger partial charge in [-0.2, -0.15) is 4.31 Å². The van der Waals surface area contributed by atoms with Crippen molar-refractivity contribution >= 4 is 26.0 Å². The minimum Gasteiger partial charge on any atom is -0.348 e. The summed E-state index contributed by atoms with van der Waals surface area (Å²) in [7, 11) is -7.54. The summed E-state index contributed by atoms with van der Waals surface area (Å²) >= 11 is 0. The molecule has 1 heterocycles. The molecule has 31 heavy (non-hydrogen) atoms. The number of rotatable bonds is 6. The number of carbonyl (C=O) groups excluding carboxylic acids is 1. The molecule has 1 aliphatic heterocycles. The molecule has 0 aromatic heterocycles. The van der Waals surface area contributed by atoms with Gasteiger partial charge in [-0.05, 0) is 54.2 Å². The number of nitrogens with two attached hydrogens (primary N) is 1. The van der Waals surface area contributed by atoms with E-state index in [0.717, 1.165) is 6.42 Å². The van der Waals surface area contributed by atoms with Crippen LogP contribution in [0.4, 0.5) is 0 Å². The Morgan fingerprint density at radius 3 is 2.26 bits per heavy atom. The van der Waals surface area contributed by atoms with Crippen molar-refractivity contribution in [2.24, 2.45) is 17.0 Å². The minimum absolute atomic E-state index is 0.0441. The van der Waals surface area contributed by atoms with Crippen molar-refractivity contribution < 1.29 is 21.6 Å². The van der Waals surface area contributed by atoms with E-state index in [-0.39, 0.29) is 33.7 Å². The van der Waals surface area contributed by atoms with Gasteiger partial charge in [-0.3, -0.25) is 4.79 Å². The average Bonchev–Trinajstić information content (AvgIpc) is 2.71. The van der Waals surface area contributed by atoms with Gasteiger partial charge in [-0.25, -0.2) is 22.0 Å². The predicted octanol–water partition coefficient (Wildman–Crippen LogP) is 1.93. The van der Waals surface area contributed by atoms with Gasteiger partial charge in [0.2, 0.25) is 20.0 Å². The van der Waals surface area contributed by atoms with E-state index in [1.165, 1.54) is 40.7 Å². The van der Waals surface area contributed by atoms with Crippen molar-refractivity contribution in [3.8, 4) is 0 Å². The predicted molar refractivity (Wildman–Crippen MR) is 117 cm³/mol. The molecular formula is C21H27N3O5S2. The van der Waals surface area contributed by atoms with Crippen LogP contribution in [-0.2, 0) is 26.6 Å². The molecule has 1 aliphatic rings. The third-order valence-electron chi connectivity index (χ3n) is 5.25. The van der Waals surface area contributed by atoms with Crippen LogP contribution in [0.2, 0.25) is 0 Å². The van der Waals surface area contributed by atoms with Crippen molar-refractivity contribution in [1.82, 2.24) is 9.62 Å². The standard InChI is InChI=1S/C21H27N3O5S2/c1-15-9-16(2)14-24(13-15)31(28,29)20-8-4-6-18(11-20)21(25)23-12-17-5-3-7-19(10-17)30(22,26)27/h3-8,10-11,15-16H,9,12-14H2,1-2H3,(H,23,25)(H2,22,26,27). The third-order valence-corrected chi connectivity index (χ3v) is 7.99. The first-order chi connectivity index (χ1) is 14.5. The molecule has 2 aromatic rings.